The Balaban J connectivity index is 2.71. The molecule has 0 fully saturated rings. The first-order valence-electron chi connectivity index (χ1n) is 5.32. The highest BCUT2D eigenvalue weighted by Gasteiger charge is 2.17. The van der Waals surface area contributed by atoms with E-state index in [2.05, 4.69) is 15.6 Å². The quantitative estimate of drug-likeness (QED) is 0.303. The average molecular weight is 258 g/mol. The number of rotatable bonds is 5. The van der Waals surface area contributed by atoms with Crippen molar-refractivity contribution in [1.82, 2.24) is 20.2 Å². The smallest absolute Gasteiger partial charge is 0.234 e. The minimum Gasteiger partial charge on any atom is -0.368 e. The number of hydrogen-bond acceptors (Lipinski definition) is 6. The molecule has 8 heteroatoms. The Hall–Kier alpha value is -1.28. The summed E-state index contributed by atoms with van der Waals surface area (Å²) in [4.78, 5) is 11.1. The molecule has 1 amide bonds. The third-order valence-corrected chi connectivity index (χ3v) is 3.21. The standard InChI is InChI=1S/C9H18N6OS/c1-5(2)15-8(10)13-14-9(15)17-6(3)4-7(16)12-11/h5-6H,4,11H2,1-3H3,(H2,10,13)(H,12,16). The summed E-state index contributed by atoms with van der Waals surface area (Å²) >= 11 is 1.46. The van der Waals surface area contributed by atoms with Crippen LogP contribution in [0.4, 0.5) is 5.95 Å². The number of thioether (sulfide) groups is 1. The molecule has 0 bridgehead atoms. The third-order valence-electron chi connectivity index (χ3n) is 2.15. The summed E-state index contributed by atoms with van der Waals surface area (Å²) in [5.74, 6) is 5.22. The van der Waals surface area contributed by atoms with E-state index < -0.39 is 0 Å². The van der Waals surface area contributed by atoms with Gasteiger partial charge in [0.2, 0.25) is 11.9 Å². The van der Waals surface area contributed by atoms with Gasteiger partial charge in [-0.1, -0.05) is 18.7 Å². The highest BCUT2D eigenvalue weighted by molar-refractivity contribution is 7.99. The molecule has 0 saturated heterocycles. The highest BCUT2D eigenvalue weighted by Crippen LogP contribution is 2.27. The van der Waals surface area contributed by atoms with Crippen molar-refractivity contribution in [3.8, 4) is 0 Å². The van der Waals surface area contributed by atoms with Gasteiger partial charge >= 0.3 is 0 Å². The lowest BCUT2D eigenvalue weighted by Gasteiger charge is -2.14. The molecular formula is C9H18N6OS. The van der Waals surface area contributed by atoms with Gasteiger partial charge in [0.15, 0.2) is 5.16 Å². The summed E-state index contributed by atoms with van der Waals surface area (Å²) in [5.41, 5.74) is 7.83. The van der Waals surface area contributed by atoms with Crippen molar-refractivity contribution in [1.29, 1.82) is 0 Å². The minimum atomic E-state index is -0.200. The van der Waals surface area contributed by atoms with Gasteiger partial charge < -0.3 is 5.73 Å². The van der Waals surface area contributed by atoms with Gasteiger partial charge in [-0.05, 0) is 13.8 Å². The van der Waals surface area contributed by atoms with Crippen molar-refractivity contribution < 1.29 is 4.79 Å². The minimum absolute atomic E-state index is 0.0552. The number of hydrogen-bond donors (Lipinski definition) is 3. The van der Waals surface area contributed by atoms with Crippen molar-refractivity contribution >= 4 is 23.6 Å². The maximum absolute atomic E-state index is 11.1. The molecule has 17 heavy (non-hydrogen) atoms. The zero-order valence-corrected chi connectivity index (χ0v) is 11.0. The molecule has 0 spiro atoms. The average Bonchev–Trinajstić information content (AvgIpc) is 2.59. The Labute approximate surface area is 104 Å². The second-order valence-electron chi connectivity index (χ2n) is 4.00. The van der Waals surface area contributed by atoms with Gasteiger partial charge in [-0.15, -0.1) is 10.2 Å². The van der Waals surface area contributed by atoms with Crippen LogP contribution in [-0.4, -0.2) is 25.9 Å². The Morgan fingerprint density at radius 3 is 2.65 bits per heavy atom. The van der Waals surface area contributed by atoms with Crippen LogP contribution in [0.2, 0.25) is 0 Å². The molecule has 0 aliphatic carbocycles. The number of carbonyl (C=O) groups is 1. The second kappa shape index (κ2) is 5.87. The fraction of sp³-hybridized carbons (Fsp3) is 0.667. The summed E-state index contributed by atoms with van der Waals surface area (Å²) < 4.78 is 1.83. The molecule has 1 unspecified atom stereocenters. The molecule has 0 saturated carbocycles. The van der Waals surface area contributed by atoms with Gasteiger partial charge in [0.25, 0.3) is 0 Å². The number of carbonyl (C=O) groups excluding carboxylic acids is 1. The van der Waals surface area contributed by atoms with Crippen LogP contribution < -0.4 is 17.0 Å². The van der Waals surface area contributed by atoms with Crippen molar-refractivity contribution in [3.63, 3.8) is 0 Å². The Morgan fingerprint density at radius 2 is 2.12 bits per heavy atom. The third kappa shape index (κ3) is 3.60. The van der Waals surface area contributed by atoms with Gasteiger partial charge in [-0.25, -0.2) is 5.84 Å². The predicted molar refractivity (Wildman–Crippen MR) is 67.1 cm³/mol. The fourth-order valence-electron chi connectivity index (χ4n) is 1.40. The molecule has 1 rings (SSSR count). The molecule has 96 valence electrons. The number of amides is 1. The maximum Gasteiger partial charge on any atom is 0.234 e. The van der Waals surface area contributed by atoms with Crippen molar-refractivity contribution in [2.75, 3.05) is 5.73 Å². The van der Waals surface area contributed by atoms with Crippen molar-refractivity contribution in [2.24, 2.45) is 5.84 Å². The van der Waals surface area contributed by atoms with Gasteiger partial charge in [-0.3, -0.25) is 14.8 Å². The monoisotopic (exact) mass is 258 g/mol. The Bertz CT molecular complexity index is 391. The van der Waals surface area contributed by atoms with Crippen LogP contribution in [0, 0.1) is 0 Å². The lowest BCUT2D eigenvalue weighted by molar-refractivity contribution is -0.121. The first-order chi connectivity index (χ1) is 7.95. The van der Waals surface area contributed by atoms with Gasteiger partial charge in [-0.2, -0.15) is 0 Å². The molecule has 1 heterocycles. The van der Waals surface area contributed by atoms with Crippen molar-refractivity contribution in [3.05, 3.63) is 0 Å². The van der Waals surface area contributed by atoms with E-state index in [1.807, 2.05) is 25.3 Å². The lowest BCUT2D eigenvalue weighted by Crippen LogP contribution is -2.31. The van der Waals surface area contributed by atoms with Crippen LogP contribution >= 0.6 is 11.8 Å². The SMILES string of the molecule is CC(CC(=O)NN)Sc1nnc(N)n1C(C)C. The zero-order chi connectivity index (χ0) is 13.0. The second-order valence-corrected chi connectivity index (χ2v) is 5.41. The molecular weight excluding hydrogens is 240 g/mol. The number of nitrogens with one attached hydrogen (secondary N) is 1. The number of nitrogens with zero attached hydrogens (tertiary/aromatic N) is 3. The molecule has 0 aromatic carbocycles. The lowest BCUT2D eigenvalue weighted by atomic mass is 10.3. The van der Waals surface area contributed by atoms with Crippen LogP contribution in [0.3, 0.4) is 0 Å². The zero-order valence-electron chi connectivity index (χ0n) is 10.2. The number of hydrazine groups is 1. The summed E-state index contributed by atoms with van der Waals surface area (Å²) in [7, 11) is 0. The van der Waals surface area contributed by atoms with Gasteiger partial charge in [0.1, 0.15) is 0 Å². The number of nitrogens with two attached hydrogens (primary N) is 2. The van der Waals surface area contributed by atoms with Gasteiger partial charge in [0, 0.05) is 17.7 Å². The Kier molecular flexibility index (Phi) is 4.76. The molecule has 0 aliphatic heterocycles. The molecule has 7 nitrogen and oxygen atoms in total. The van der Waals surface area contributed by atoms with Crippen LogP contribution in [-0.2, 0) is 4.79 Å². The number of nitrogen functional groups attached to an aromatic ring is 1. The van der Waals surface area contributed by atoms with Crippen LogP contribution in [0.15, 0.2) is 5.16 Å². The molecule has 1 atom stereocenters. The predicted octanol–water partition coefficient (Wildman–Crippen LogP) is 0.302. The topological polar surface area (TPSA) is 112 Å². The van der Waals surface area contributed by atoms with E-state index in [0.29, 0.717) is 12.4 Å². The molecule has 0 radical (unpaired) electrons. The fourth-order valence-corrected chi connectivity index (χ4v) is 2.50. The molecule has 5 N–H and O–H groups in total. The summed E-state index contributed by atoms with van der Waals surface area (Å²) in [6.45, 7) is 5.93. The summed E-state index contributed by atoms with van der Waals surface area (Å²) in [6, 6.07) is 0.183. The molecule has 1 aromatic rings. The molecule has 1 aromatic heterocycles. The first kappa shape index (κ1) is 13.8. The Morgan fingerprint density at radius 1 is 1.47 bits per heavy atom. The van der Waals surface area contributed by atoms with E-state index in [1.54, 1.807) is 0 Å². The van der Waals surface area contributed by atoms with E-state index in [9.17, 15) is 4.79 Å². The van der Waals surface area contributed by atoms with Gasteiger partial charge in [0.05, 0.1) is 0 Å². The van der Waals surface area contributed by atoms with E-state index in [4.69, 9.17) is 11.6 Å². The maximum atomic E-state index is 11.1. The van der Waals surface area contributed by atoms with E-state index >= 15 is 0 Å². The largest absolute Gasteiger partial charge is 0.368 e. The molecule has 0 aliphatic rings. The van der Waals surface area contributed by atoms with E-state index in [0.717, 1.165) is 5.16 Å². The number of aromatic nitrogens is 3. The normalized spacial score (nSPS) is 12.8. The highest BCUT2D eigenvalue weighted by atomic mass is 32.2. The van der Waals surface area contributed by atoms with Crippen LogP contribution in [0.1, 0.15) is 33.2 Å². The first-order valence-corrected chi connectivity index (χ1v) is 6.20. The van der Waals surface area contributed by atoms with Crippen LogP contribution in [0.5, 0.6) is 0 Å². The summed E-state index contributed by atoms with van der Waals surface area (Å²) in [6.07, 6.45) is 0.325. The van der Waals surface area contributed by atoms with Crippen LogP contribution in [0.25, 0.3) is 0 Å². The van der Waals surface area contributed by atoms with E-state index in [-0.39, 0.29) is 17.2 Å². The summed E-state index contributed by atoms with van der Waals surface area (Å²) in [5, 5.41) is 8.61. The number of anilines is 1. The van der Waals surface area contributed by atoms with Crippen molar-refractivity contribution in [2.45, 2.75) is 43.6 Å². The van der Waals surface area contributed by atoms with E-state index in [1.165, 1.54) is 11.8 Å².